The lowest BCUT2D eigenvalue weighted by Crippen LogP contribution is -2.43. The Morgan fingerprint density at radius 1 is 1.43 bits per heavy atom. The lowest BCUT2D eigenvalue weighted by Gasteiger charge is -2.36. The van der Waals surface area contributed by atoms with Gasteiger partial charge < -0.3 is 9.73 Å². The molecule has 0 amide bonds. The smallest absolute Gasteiger partial charge is 0.118 e. The standard InChI is InChI=1S/C17H30N2OS/c1-12(2)9-18-10-16-8-17(20-14(16)4)11-19-6-7-21-15(5)13(19)3/h8,12-13,15,18H,6-7,9-11H2,1-5H3. The molecule has 0 aromatic carbocycles. The van der Waals surface area contributed by atoms with E-state index in [4.69, 9.17) is 4.42 Å². The predicted molar refractivity (Wildman–Crippen MR) is 91.8 cm³/mol. The predicted octanol–water partition coefficient (Wildman–Crippen LogP) is 3.66. The highest BCUT2D eigenvalue weighted by Crippen LogP contribution is 2.26. The summed E-state index contributed by atoms with van der Waals surface area (Å²) in [5.41, 5.74) is 1.30. The summed E-state index contributed by atoms with van der Waals surface area (Å²) >= 11 is 2.08. The molecule has 1 aromatic heterocycles. The van der Waals surface area contributed by atoms with Gasteiger partial charge in [0.1, 0.15) is 11.5 Å². The van der Waals surface area contributed by atoms with E-state index in [1.54, 1.807) is 0 Å². The third-order valence-corrected chi connectivity index (χ3v) is 5.65. The second-order valence-corrected chi connectivity index (χ2v) is 8.09. The van der Waals surface area contributed by atoms with Gasteiger partial charge in [-0.25, -0.2) is 0 Å². The van der Waals surface area contributed by atoms with Gasteiger partial charge in [-0.05, 0) is 32.4 Å². The summed E-state index contributed by atoms with van der Waals surface area (Å²) in [7, 11) is 0. The molecular weight excluding hydrogens is 280 g/mol. The summed E-state index contributed by atoms with van der Waals surface area (Å²) in [6.45, 7) is 15.3. The molecule has 21 heavy (non-hydrogen) atoms. The van der Waals surface area contributed by atoms with E-state index in [1.807, 2.05) is 0 Å². The number of nitrogens with one attached hydrogen (secondary N) is 1. The highest BCUT2D eigenvalue weighted by Gasteiger charge is 2.26. The molecule has 1 aliphatic rings. The molecule has 2 atom stereocenters. The molecule has 2 rings (SSSR count). The Kier molecular flexibility index (Phi) is 6.20. The van der Waals surface area contributed by atoms with Crippen LogP contribution >= 0.6 is 11.8 Å². The second kappa shape index (κ2) is 7.70. The van der Waals surface area contributed by atoms with Gasteiger partial charge in [0.25, 0.3) is 0 Å². The van der Waals surface area contributed by atoms with Gasteiger partial charge in [0.2, 0.25) is 0 Å². The van der Waals surface area contributed by atoms with Gasteiger partial charge in [-0.2, -0.15) is 11.8 Å². The summed E-state index contributed by atoms with van der Waals surface area (Å²) < 4.78 is 5.97. The first-order valence-electron chi connectivity index (χ1n) is 8.12. The molecule has 1 fully saturated rings. The third-order valence-electron chi connectivity index (χ3n) is 4.31. The summed E-state index contributed by atoms with van der Waals surface area (Å²) in [6.07, 6.45) is 0. The molecular formula is C17H30N2OS. The minimum atomic E-state index is 0.622. The Morgan fingerprint density at radius 3 is 2.90 bits per heavy atom. The number of aryl methyl sites for hydroxylation is 1. The van der Waals surface area contributed by atoms with Gasteiger partial charge in [0, 0.05) is 35.7 Å². The zero-order chi connectivity index (χ0) is 15.4. The van der Waals surface area contributed by atoms with E-state index in [-0.39, 0.29) is 0 Å². The Balaban J connectivity index is 1.92. The zero-order valence-electron chi connectivity index (χ0n) is 14.1. The van der Waals surface area contributed by atoms with Crippen LogP contribution < -0.4 is 5.32 Å². The maximum Gasteiger partial charge on any atom is 0.118 e. The minimum Gasteiger partial charge on any atom is -0.465 e. The Hall–Kier alpha value is -0.450. The van der Waals surface area contributed by atoms with Crippen molar-refractivity contribution in [2.75, 3.05) is 18.8 Å². The first-order chi connectivity index (χ1) is 9.97. The molecule has 1 aliphatic heterocycles. The average Bonchev–Trinajstić information content (AvgIpc) is 2.75. The van der Waals surface area contributed by atoms with Crippen molar-refractivity contribution in [1.82, 2.24) is 10.2 Å². The van der Waals surface area contributed by atoms with E-state index < -0.39 is 0 Å². The van der Waals surface area contributed by atoms with Gasteiger partial charge in [-0.3, -0.25) is 4.90 Å². The summed E-state index contributed by atoms with van der Waals surface area (Å²) in [6, 6.07) is 2.86. The van der Waals surface area contributed by atoms with Crippen molar-refractivity contribution in [3.8, 4) is 0 Å². The quantitative estimate of drug-likeness (QED) is 0.868. The summed E-state index contributed by atoms with van der Waals surface area (Å²) in [5.74, 6) is 4.09. The van der Waals surface area contributed by atoms with Crippen molar-refractivity contribution >= 4 is 11.8 Å². The molecule has 1 saturated heterocycles. The van der Waals surface area contributed by atoms with E-state index >= 15 is 0 Å². The summed E-state index contributed by atoms with van der Waals surface area (Å²) in [5, 5.41) is 4.21. The molecule has 0 saturated carbocycles. The lowest BCUT2D eigenvalue weighted by molar-refractivity contribution is 0.188. The van der Waals surface area contributed by atoms with Crippen LogP contribution in [0.4, 0.5) is 0 Å². The van der Waals surface area contributed by atoms with Gasteiger partial charge in [0.15, 0.2) is 0 Å². The first-order valence-corrected chi connectivity index (χ1v) is 9.16. The normalized spacial score (nSPS) is 23.9. The Labute approximate surface area is 133 Å². The van der Waals surface area contributed by atoms with Crippen LogP contribution in [0.15, 0.2) is 10.5 Å². The molecule has 2 heterocycles. The molecule has 0 aliphatic carbocycles. The molecule has 1 aromatic rings. The average molecular weight is 311 g/mol. The van der Waals surface area contributed by atoms with Crippen molar-refractivity contribution < 1.29 is 4.42 Å². The molecule has 2 unspecified atom stereocenters. The van der Waals surface area contributed by atoms with Crippen molar-refractivity contribution in [2.24, 2.45) is 5.92 Å². The van der Waals surface area contributed by atoms with Gasteiger partial charge in [-0.1, -0.05) is 20.8 Å². The number of thioether (sulfide) groups is 1. The number of hydrogen-bond acceptors (Lipinski definition) is 4. The van der Waals surface area contributed by atoms with Crippen LogP contribution in [0.25, 0.3) is 0 Å². The van der Waals surface area contributed by atoms with E-state index in [0.717, 1.165) is 37.7 Å². The van der Waals surface area contributed by atoms with Crippen LogP contribution in [-0.4, -0.2) is 35.0 Å². The van der Waals surface area contributed by atoms with Crippen LogP contribution in [0.2, 0.25) is 0 Å². The highest BCUT2D eigenvalue weighted by atomic mass is 32.2. The SMILES string of the molecule is Cc1oc(CN2CCSC(C)C2C)cc1CNCC(C)C. The van der Waals surface area contributed by atoms with Crippen molar-refractivity contribution in [2.45, 2.75) is 59.0 Å². The molecule has 3 nitrogen and oxygen atoms in total. The van der Waals surface area contributed by atoms with E-state index in [9.17, 15) is 0 Å². The number of furan rings is 1. The molecule has 0 radical (unpaired) electrons. The fourth-order valence-corrected chi connectivity index (χ4v) is 3.92. The van der Waals surface area contributed by atoms with Crippen molar-refractivity contribution in [3.63, 3.8) is 0 Å². The third kappa shape index (κ3) is 4.76. The molecule has 4 heteroatoms. The van der Waals surface area contributed by atoms with Crippen LogP contribution in [-0.2, 0) is 13.1 Å². The fourth-order valence-electron chi connectivity index (χ4n) is 2.76. The van der Waals surface area contributed by atoms with Crippen LogP contribution in [0.1, 0.15) is 44.8 Å². The van der Waals surface area contributed by atoms with Crippen LogP contribution in [0.3, 0.4) is 0 Å². The molecule has 0 bridgehead atoms. The minimum absolute atomic E-state index is 0.622. The Morgan fingerprint density at radius 2 is 2.19 bits per heavy atom. The van der Waals surface area contributed by atoms with Gasteiger partial charge in [0.05, 0.1) is 6.54 Å². The van der Waals surface area contributed by atoms with Crippen LogP contribution in [0.5, 0.6) is 0 Å². The van der Waals surface area contributed by atoms with Crippen LogP contribution in [0, 0.1) is 12.8 Å². The van der Waals surface area contributed by atoms with Crippen molar-refractivity contribution in [3.05, 3.63) is 23.2 Å². The molecule has 1 N–H and O–H groups in total. The maximum absolute atomic E-state index is 5.97. The topological polar surface area (TPSA) is 28.4 Å². The number of rotatable bonds is 6. The number of hydrogen-bond donors (Lipinski definition) is 1. The lowest BCUT2D eigenvalue weighted by atomic mass is 10.2. The van der Waals surface area contributed by atoms with E-state index in [0.29, 0.717) is 17.2 Å². The first kappa shape index (κ1) is 16.9. The molecule has 120 valence electrons. The highest BCUT2D eigenvalue weighted by molar-refractivity contribution is 8.00. The molecule has 0 spiro atoms. The van der Waals surface area contributed by atoms with Gasteiger partial charge in [-0.15, -0.1) is 0 Å². The maximum atomic E-state index is 5.97. The number of nitrogens with zero attached hydrogens (tertiary/aromatic N) is 1. The summed E-state index contributed by atoms with van der Waals surface area (Å²) in [4.78, 5) is 2.55. The van der Waals surface area contributed by atoms with Crippen molar-refractivity contribution in [1.29, 1.82) is 0 Å². The van der Waals surface area contributed by atoms with Gasteiger partial charge >= 0.3 is 0 Å². The zero-order valence-corrected chi connectivity index (χ0v) is 14.9. The largest absolute Gasteiger partial charge is 0.465 e. The fraction of sp³-hybridized carbons (Fsp3) is 0.765. The second-order valence-electron chi connectivity index (χ2n) is 6.61. The van der Waals surface area contributed by atoms with E-state index in [1.165, 1.54) is 11.3 Å². The Bertz CT molecular complexity index is 444. The van der Waals surface area contributed by atoms with E-state index in [2.05, 4.69) is 62.7 Å². The monoisotopic (exact) mass is 310 g/mol.